The Morgan fingerprint density at radius 3 is 1.75 bits per heavy atom. The van der Waals surface area contributed by atoms with Crippen LogP contribution >= 0.6 is 0 Å². The number of para-hydroxylation sites is 3. The fraction of sp³-hybridized carbons (Fsp3) is 0. The van der Waals surface area contributed by atoms with Gasteiger partial charge in [-0.15, -0.1) is 0 Å². The summed E-state index contributed by atoms with van der Waals surface area (Å²) >= 11 is 0. The lowest BCUT2D eigenvalue weighted by Gasteiger charge is -2.14. The van der Waals surface area contributed by atoms with Gasteiger partial charge in [-0.25, -0.2) is 15.0 Å². The van der Waals surface area contributed by atoms with Crippen molar-refractivity contribution in [2.45, 2.75) is 0 Å². The van der Waals surface area contributed by atoms with Gasteiger partial charge in [0.05, 0.1) is 27.6 Å². The smallest absolute Gasteiger partial charge is 0.167 e. The average Bonchev–Trinajstić information content (AvgIpc) is 4.07. The van der Waals surface area contributed by atoms with Gasteiger partial charge in [-0.2, -0.15) is 0 Å². The highest BCUT2D eigenvalue weighted by Crippen LogP contribution is 2.43. The predicted octanol–water partition coefficient (Wildman–Crippen LogP) is 16.4. The van der Waals surface area contributed by atoms with E-state index in [1.165, 1.54) is 37.7 Å². The van der Waals surface area contributed by atoms with Crippen molar-refractivity contribution in [2.75, 3.05) is 0 Å². The summed E-state index contributed by atoms with van der Waals surface area (Å²) in [6.45, 7) is 0. The highest BCUT2D eigenvalue weighted by molar-refractivity contribution is 6.23. The van der Waals surface area contributed by atoms with E-state index in [0.29, 0.717) is 17.5 Å². The van der Waals surface area contributed by atoms with Crippen LogP contribution in [0.25, 0.3) is 143 Å². The lowest BCUT2D eigenvalue weighted by Crippen LogP contribution is -2.02. The molecule has 0 fully saturated rings. The molecule has 0 spiro atoms. The minimum atomic E-state index is 0.522. The SMILES string of the molecule is c1ccc(-n2c3ccccc3c3ccc(-c4nc(-c5cccc6ccccc56)nc(-c5cc(-n6c7cc8ccccc8cc7c7c8ccccc8ccc76)cc6c5oc5ccccc56)n4)cc32)cc1. The van der Waals surface area contributed by atoms with E-state index < -0.39 is 0 Å². The van der Waals surface area contributed by atoms with E-state index in [-0.39, 0.29) is 0 Å². The first-order valence-electron chi connectivity index (χ1n) is 23.3. The Morgan fingerprint density at radius 2 is 0.913 bits per heavy atom. The van der Waals surface area contributed by atoms with Crippen LogP contribution in [0.15, 0.2) is 229 Å². The Bertz CT molecular complexity index is 4610. The predicted molar refractivity (Wildman–Crippen MR) is 285 cm³/mol. The molecule has 15 aromatic rings. The first kappa shape index (κ1) is 37.8. The van der Waals surface area contributed by atoms with Gasteiger partial charge in [0.1, 0.15) is 11.2 Å². The van der Waals surface area contributed by atoms with E-state index in [1.54, 1.807) is 0 Å². The molecule has 15 rings (SSSR count). The van der Waals surface area contributed by atoms with Crippen molar-refractivity contribution in [2.24, 2.45) is 0 Å². The van der Waals surface area contributed by atoms with Gasteiger partial charge in [0.15, 0.2) is 17.5 Å². The maximum absolute atomic E-state index is 6.91. The zero-order valence-electron chi connectivity index (χ0n) is 37.0. The molecule has 0 bridgehead atoms. The van der Waals surface area contributed by atoms with Crippen LogP contribution in [0.2, 0.25) is 0 Å². The van der Waals surface area contributed by atoms with Crippen LogP contribution in [0.5, 0.6) is 0 Å². The summed E-state index contributed by atoms with van der Waals surface area (Å²) in [4.78, 5) is 16.3. The van der Waals surface area contributed by atoms with E-state index in [0.717, 1.165) is 88.2 Å². The van der Waals surface area contributed by atoms with Crippen LogP contribution < -0.4 is 0 Å². The summed E-state index contributed by atoms with van der Waals surface area (Å²) in [7, 11) is 0. The molecule has 0 atom stereocenters. The molecule has 0 saturated heterocycles. The van der Waals surface area contributed by atoms with Crippen LogP contribution in [0, 0.1) is 0 Å². The summed E-state index contributed by atoms with van der Waals surface area (Å²) in [6.07, 6.45) is 0. The van der Waals surface area contributed by atoms with Crippen LogP contribution in [0.4, 0.5) is 0 Å². The Balaban J connectivity index is 1.05. The lowest BCUT2D eigenvalue weighted by molar-refractivity contribution is 0.669. The largest absolute Gasteiger partial charge is 0.455 e. The highest BCUT2D eigenvalue weighted by Gasteiger charge is 2.24. The van der Waals surface area contributed by atoms with Gasteiger partial charge in [-0.1, -0.05) is 164 Å². The van der Waals surface area contributed by atoms with Crippen molar-refractivity contribution in [1.29, 1.82) is 0 Å². The number of hydrogen-bond acceptors (Lipinski definition) is 4. The normalized spacial score (nSPS) is 12.1. The standard InChI is InChI=1S/C63H37N5O/c1-2-20-43(21-3-1)67-54-27-12-10-24-47(54)48-31-29-42(35-56(48)67)61-64-62(50-26-14-19-38-15-6-8-22-45(38)50)66-63(65-61)53-37-44(36-51-49-25-11-13-28-58(49)69-60(51)53)68-55-32-30-39-16-7-9-23-46(39)59(55)52-33-40-17-4-5-18-41(40)34-57(52)68/h1-37H. The summed E-state index contributed by atoms with van der Waals surface area (Å²) in [5, 5.41) is 13.7. The van der Waals surface area contributed by atoms with Gasteiger partial charge in [0.2, 0.25) is 0 Å². The van der Waals surface area contributed by atoms with E-state index in [2.05, 4.69) is 221 Å². The minimum absolute atomic E-state index is 0.522. The summed E-state index contributed by atoms with van der Waals surface area (Å²) < 4.78 is 11.7. The van der Waals surface area contributed by atoms with Gasteiger partial charge in [0.25, 0.3) is 0 Å². The second-order valence-electron chi connectivity index (χ2n) is 18.0. The van der Waals surface area contributed by atoms with Gasteiger partial charge >= 0.3 is 0 Å². The molecule has 6 heteroatoms. The topological polar surface area (TPSA) is 61.7 Å². The number of nitrogens with zero attached hydrogens (tertiary/aromatic N) is 5. The van der Waals surface area contributed by atoms with E-state index >= 15 is 0 Å². The van der Waals surface area contributed by atoms with Gasteiger partial charge in [-0.05, 0) is 93.0 Å². The molecule has 6 nitrogen and oxygen atoms in total. The van der Waals surface area contributed by atoms with Crippen molar-refractivity contribution in [1.82, 2.24) is 24.1 Å². The zero-order chi connectivity index (χ0) is 45.2. The molecular weight excluding hydrogens is 843 g/mol. The number of benzene rings is 11. The molecule has 11 aromatic carbocycles. The molecule has 69 heavy (non-hydrogen) atoms. The molecule has 0 aliphatic carbocycles. The third kappa shape index (κ3) is 5.69. The zero-order valence-corrected chi connectivity index (χ0v) is 37.0. The van der Waals surface area contributed by atoms with Gasteiger partial charge < -0.3 is 13.6 Å². The summed E-state index contributed by atoms with van der Waals surface area (Å²) in [6, 6.07) is 79.8. The Hall–Kier alpha value is -9.39. The first-order valence-corrected chi connectivity index (χ1v) is 23.3. The average molecular weight is 880 g/mol. The molecule has 0 amide bonds. The van der Waals surface area contributed by atoms with Crippen LogP contribution in [-0.2, 0) is 0 Å². The van der Waals surface area contributed by atoms with E-state index in [4.69, 9.17) is 19.4 Å². The molecule has 4 aromatic heterocycles. The number of rotatable bonds is 5. The third-order valence-corrected chi connectivity index (χ3v) is 14.1. The molecule has 320 valence electrons. The fourth-order valence-electron chi connectivity index (χ4n) is 11.0. The second kappa shape index (κ2) is 14.6. The van der Waals surface area contributed by atoms with Gasteiger partial charge in [-0.3, -0.25) is 0 Å². The highest BCUT2D eigenvalue weighted by atomic mass is 16.3. The molecule has 0 unspecified atom stereocenters. The molecule has 4 heterocycles. The van der Waals surface area contributed by atoms with Crippen molar-refractivity contribution in [3.63, 3.8) is 0 Å². The third-order valence-electron chi connectivity index (χ3n) is 14.1. The van der Waals surface area contributed by atoms with E-state index in [1.807, 2.05) is 12.1 Å². The lowest BCUT2D eigenvalue weighted by atomic mass is 10.0. The van der Waals surface area contributed by atoms with Gasteiger partial charge in [0, 0.05) is 54.8 Å². The number of fused-ring (bicyclic) bond motifs is 13. The summed E-state index contributed by atoms with van der Waals surface area (Å²) in [5.41, 5.74) is 10.6. The van der Waals surface area contributed by atoms with Crippen LogP contribution in [0.3, 0.4) is 0 Å². The maximum atomic E-state index is 6.91. The molecule has 0 N–H and O–H groups in total. The van der Waals surface area contributed by atoms with E-state index in [9.17, 15) is 0 Å². The quantitative estimate of drug-likeness (QED) is 0.173. The van der Waals surface area contributed by atoms with Crippen molar-refractivity contribution in [3.05, 3.63) is 224 Å². The second-order valence-corrected chi connectivity index (χ2v) is 18.0. The Morgan fingerprint density at radius 1 is 0.304 bits per heavy atom. The first-order chi connectivity index (χ1) is 34.2. The molecular formula is C63H37N5O. The molecule has 0 radical (unpaired) electrons. The molecule has 0 saturated carbocycles. The fourth-order valence-corrected chi connectivity index (χ4v) is 11.0. The maximum Gasteiger partial charge on any atom is 0.167 e. The number of aromatic nitrogens is 5. The minimum Gasteiger partial charge on any atom is -0.455 e. The summed E-state index contributed by atoms with van der Waals surface area (Å²) in [5.74, 6) is 1.67. The van der Waals surface area contributed by atoms with Crippen molar-refractivity contribution < 1.29 is 4.42 Å². The Kier molecular flexibility index (Phi) is 7.97. The monoisotopic (exact) mass is 879 g/mol. The number of hydrogen-bond donors (Lipinski definition) is 0. The Labute approximate surface area is 394 Å². The van der Waals surface area contributed by atoms with Crippen molar-refractivity contribution >= 4 is 97.9 Å². The molecule has 0 aliphatic rings. The number of furan rings is 1. The molecule has 0 aliphatic heterocycles. The van der Waals surface area contributed by atoms with Crippen LogP contribution in [-0.4, -0.2) is 24.1 Å². The van der Waals surface area contributed by atoms with Crippen molar-refractivity contribution in [3.8, 4) is 45.5 Å². The van der Waals surface area contributed by atoms with Crippen LogP contribution in [0.1, 0.15) is 0 Å².